The first-order valence-corrected chi connectivity index (χ1v) is 8.49. The fourth-order valence-electron chi connectivity index (χ4n) is 4.42. The first-order valence-electron chi connectivity index (χ1n) is 8.49. The Morgan fingerprint density at radius 3 is 2.24 bits per heavy atom. The average Bonchev–Trinajstić information content (AvgIpc) is 3.18. The minimum absolute atomic E-state index is 0.0602. The third-order valence-corrected chi connectivity index (χ3v) is 5.61. The van der Waals surface area contributed by atoms with Gasteiger partial charge in [0.25, 0.3) is 0 Å². The lowest BCUT2D eigenvalue weighted by Crippen LogP contribution is -2.32. The van der Waals surface area contributed by atoms with Crippen LogP contribution in [-0.4, -0.2) is 5.78 Å². The van der Waals surface area contributed by atoms with Crippen LogP contribution in [0, 0.1) is 11.3 Å². The van der Waals surface area contributed by atoms with Gasteiger partial charge in [-0.25, -0.2) is 0 Å². The Morgan fingerprint density at radius 2 is 1.48 bits per heavy atom. The third-order valence-electron chi connectivity index (χ3n) is 5.61. The van der Waals surface area contributed by atoms with E-state index in [0.717, 1.165) is 28.7 Å². The van der Waals surface area contributed by atoms with Crippen molar-refractivity contribution < 1.29 is 4.79 Å². The number of carbonyl (C=O) groups excluding carboxylic acids is 1. The zero-order valence-electron chi connectivity index (χ0n) is 13.6. The molecule has 0 aromatic heterocycles. The van der Waals surface area contributed by atoms with E-state index in [1.54, 1.807) is 0 Å². The van der Waals surface area contributed by atoms with E-state index >= 15 is 0 Å². The smallest absolute Gasteiger partial charge is 0.188 e. The second kappa shape index (κ2) is 4.91. The van der Waals surface area contributed by atoms with Crippen LogP contribution in [0.3, 0.4) is 0 Å². The Kier molecular flexibility index (Phi) is 2.79. The monoisotopic (exact) mass is 321 g/mol. The molecule has 0 spiro atoms. The molecule has 1 atom stereocenters. The normalized spacial score (nSPS) is 19.9. The van der Waals surface area contributed by atoms with Gasteiger partial charge in [0, 0.05) is 12.0 Å². The highest BCUT2D eigenvalue weighted by Gasteiger charge is 2.49. The van der Waals surface area contributed by atoms with Gasteiger partial charge < -0.3 is 0 Å². The van der Waals surface area contributed by atoms with Crippen molar-refractivity contribution in [3.63, 3.8) is 0 Å². The quantitative estimate of drug-likeness (QED) is 0.519. The van der Waals surface area contributed by atoms with Crippen molar-refractivity contribution in [3.05, 3.63) is 94.5 Å². The predicted molar refractivity (Wildman–Crippen MR) is 96.5 cm³/mol. The number of hydrogen-bond donors (Lipinski definition) is 0. The van der Waals surface area contributed by atoms with Crippen LogP contribution in [0.1, 0.15) is 32.6 Å². The van der Waals surface area contributed by atoms with Gasteiger partial charge in [-0.3, -0.25) is 4.79 Å². The summed E-state index contributed by atoms with van der Waals surface area (Å²) in [6.07, 6.45) is 1.25. The molecule has 2 heteroatoms. The molecule has 0 fully saturated rings. The largest absolute Gasteiger partial charge is 0.292 e. The van der Waals surface area contributed by atoms with Gasteiger partial charge in [-0.05, 0) is 39.8 Å². The molecule has 0 amide bonds. The van der Waals surface area contributed by atoms with Gasteiger partial charge in [0.15, 0.2) is 5.78 Å². The molecule has 118 valence electrons. The van der Waals surface area contributed by atoms with Crippen LogP contribution < -0.4 is 0 Å². The number of nitriles is 1. The van der Waals surface area contributed by atoms with Crippen LogP contribution in [0.2, 0.25) is 0 Å². The zero-order valence-corrected chi connectivity index (χ0v) is 13.6. The Morgan fingerprint density at radius 1 is 0.800 bits per heavy atom. The van der Waals surface area contributed by atoms with Gasteiger partial charge in [0.1, 0.15) is 5.41 Å². The van der Waals surface area contributed by atoms with Crippen molar-refractivity contribution in [3.8, 4) is 17.2 Å². The summed E-state index contributed by atoms with van der Waals surface area (Å²) in [5, 5.41) is 10.1. The first-order chi connectivity index (χ1) is 12.2. The maximum absolute atomic E-state index is 13.2. The van der Waals surface area contributed by atoms with Gasteiger partial charge in [-0.1, -0.05) is 66.7 Å². The lowest BCUT2D eigenvalue weighted by molar-refractivity contribution is 0.0938. The molecule has 0 saturated heterocycles. The van der Waals surface area contributed by atoms with Crippen molar-refractivity contribution in [2.45, 2.75) is 18.3 Å². The number of rotatable bonds is 1. The van der Waals surface area contributed by atoms with E-state index in [-0.39, 0.29) is 5.78 Å². The Hall–Kier alpha value is -3.18. The van der Waals surface area contributed by atoms with Gasteiger partial charge in [-0.15, -0.1) is 0 Å². The number of Topliss-reactive ketones (excluding diaryl/α,β-unsaturated/α-hetero) is 1. The second-order valence-corrected chi connectivity index (χ2v) is 6.85. The highest BCUT2D eigenvalue weighted by molar-refractivity contribution is 6.11. The Balaban J connectivity index is 1.74. The molecular weight excluding hydrogens is 306 g/mol. The topological polar surface area (TPSA) is 40.9 Å². The van der Waals surface area contributed by atoms with E-state index < -0.39 is 5.41 Å². The van der Waals surface area contributed by atoms with E-state index in [1.807, 2.05) is 48.5 Å². The van der Waals surface area contributed by atoms with Crippen molar-refractivity contribution in [2.75, 3.05) is 0 Å². The molecule has 2 nitrogen and oxygen atoms in total. The third kappa shape index (κ3) is 1.76. The molecule has 0 aliphatic heterocycles. The molecular formula is C23H15NO. The molecule has 2 aliphatic carbocycles. The van der Waals surface area contributed by atoms with E-state index in [1.165, 1.54) is 11.1 Å². The summed E-state index contributed by atoms with van der Waals surface area (Å²) < 4.78 is 0. The highest BCUT2D eigenvalue weighted by Crippen LogP contribution is 2.46. The van der Waals surface area contributed by atoms with Gasteiger partial charge in [0.2, 0.25) is 0 Å². The number of hydrogen-bond acceptors (Lipinski definition) is 2. The lowest BCUT2D eigenvalue weighted by Gasteiger charge is -2.22. The summed E-state index contributed by atoms with van der Waals surface area (Å²) in [5.74, 6) is -0.0602. The number of nitrogens with zero attached hydrogens (tertiary/aromatic N) is 1. The molecule has 5 rings (SSSR count). The van der Waals surface area contributed by atoms with Crippen molar-refractivity contribution in [1.82, 2.24) is 0 Å². The van der Waals surface area contributed by atoms with Crippen LogP contribution in [0.5, 0.6) is 0 Å². The van der Waals surface area contributed by atoms with Gasteiger partial charge >= 0.3 is 0 Å². The fourth-order valence-corrected chi connectivity index (χ4v) is 4.42. The number of benzene rings is 3. The van der Waals surface area contributed by atoms with Crippen molar-refractivity contribution in [2.24, 2.45) is 0 Å². The summed E-state index contributed by atoms with van der Waals surface area (Å²) >= 11 is 0. The molecule has 0 heterocycles. The minimum Gasteiger partial charge on any atom is -0.292 e. The second-order valence-electron chi connectivity index (χ2n) is 6.85. The molecule has 0 N–H and O–H groups in total. The average molecular weight is 321 g/mol. The molecule has 3 aromatic carbocycles. The Labute approximate surface area is 146 Å². The summed E-state index contributed by atoms with van der Waals surface area (Å²) in [6, 6.07) is 24.4. The van der Waals surface area contributed by atoms with Crippen LogP contribution in [-0.2, 0) is 18.3 Å². The SMILES string of the molecule is N#CC1(c2cccc3c2Cc2ccccc2-3)Cc2ccccc2C1=O. The Bertz CT molecular complexity index is 1090. The van der Waals surface area contributed by atoms with E-state index in [2.05, 4.69) is 24.3 Å². The summed E-state index contributed by atoms with van der Waals surface area (Å²) in [5.41, 5.74) is 6.22. The molecule has 0 saturated carbocycles. The predicted octanol–water partition coefficient (Wildman–Crippen LogP) is 4.46. The molecule has 0 radical (unpaired) electrons. The van der Waals surface area contributed by atoms with E-state index in [9.17, 15) is 10.1 Å². The summed E-state index contributed by atoms with van der Waals surface area (Å²) in [4.78, 5) is 13.2. The number of fused-ring (bicyclic) bond motifs is 4. The first kappa shape index (κ1) is 14.2. The maximum Gasteiger partial charge on any atom is 0.188 e. The van der Waals surface area contributed by atoms with Crippen LogP contribution in [0.25, 0.3) is 11.1 Å². The van der Waals surface area contributed by atoms with E-state index in [0.29, 0.717) is 12.0 Å². The standard InChI is InChI=1S/C23H15NO/c24-14-23(13-16-7-2-4-9-18(16)22(23)25)21-11-5-10-19-17-8-3-1-6-15(17)12-20(19)21/h1-11H,12-13H2. The number of ketones is 1. The van der Waals surface area contributed by atoms with Crippen LogP contribution >= 0.6 is 0 Å². The molecule has 0 bridgehead atoms. The lowest BCUT2D eigenvalue weighted by atomic mass is 9.75. The van der Waals surface area contributed by atoms with Crippen LogP contribution in [0.4, 0.5) is 0 Å². The molecule has 25 heavy (non-hydrogen) atoms. The zero-order chi connectivity index (χ0) is 17.0. The summed E-state index contributed by atoms with van der Waals surface area (Å²) in [7, 11) is 0. The van der Waals surface area contributed by atoms with E-state index in [4.69, 9.17) is 0 Å². The number of carbonyl (C=O) groups is 1. The molecule has 2 aliphatic rings. The molecule has 1 unspecified atom stereocenters. The van der Waals surface area contributed by atoms with Crippen molar-refractivity contribution >= 4 is 5.78 Å². The maximum atomic E-state index is 13.2. The van der Waals surface area contributed by atoms with Gasteiger partial charge in [0.05, 0.1) is 6.07 Å². The minimum atomic E-state index is -1.10. The van der Waals surface area contributed by atoms with Gasteiger partial charge in [-0.2, -0.15) is 5.26 Å². The summed E-state index contributed by atoms with van der Waals surface area (Å²) in [6.45, 7) is 0. The fraction of sp³-hybridized carbons (Fsp3) is 0.130. The highest BCUT2D eigenvalue weighted by atomic mass is 16.1. The van der Waals surface area contributed by atoms with Crippen molar-refractivity contribution in [1.29, 1.82) is 5.26 Å². The molecule has 3 aromatic rings. The van der Waals surface area contributed by atoms with Crippen LogP contribution in [0.15, 0.2) is 66.7 Å².